The summed E-state index contributed by atoms with van der Waals surface area (Å²) in [6, 6.07) is 19.3. The lowest BCUT2D eigenvalue weighted by atomic mass is 10.1. The van der Waals surface area contributed by atoms with Crippen LogP contribution in [0, 0.1) is 0 Å². The first kappa shape index (κ1) is 27.0. The molecule has 1 aliphatic rings. The van der Waals surface area contributed by atoms with E-state index < -0.39 is 10.8 Å². The molecule has 6 nitrogen and oxygen atoms in total. The molecule has 0 aliphatic carbocycles. The van der Waals surface area contributed by atoms with Crippen LogP contribution in [0.15, 0.2) is 76.5 Å². The molecule has 194 valence electrons. The van der Waals surface area contributed by atoms with E-state index in [-0.39, 0.29) is 18.4 Å². The van der Waals surface area contributed by atoms with Crippen LogP contribution in [0.4, 0.5) is 5.69 Å². The average Bonchev–Trinajstić information content (AvgIpc) is 2.98. The number of hydrogen-bond acceptors (Lipinski definition) is 4. The lowest BCUT2D eigenvalue weighted by Gasteiger charge is -2.24. The fourth-order valence-electron chi connectivity index (χ4n) is 4.58. The Hall–Kier alpha value is -3.00. The molecule has 0 radical (unpaired) electrons. The summed E-state index contributed by atoms with van der Waals surface area (Å²) in [4.78, 5) is 31.7. The maximum absolute atomic E-state index is 13.7. The van der Waals surface area contributed by atoms with Gasteiger partial charge >= 0.3 is 0 Å². The average molecular weight is 538 g/mol. The lowest BCUT2D eigenvalue weighted by molar-refractivity contribution is 0.0945. The summed E-state index contributed by atoms with van der Waals surface area (Å²) in [5.74, 6) is -0.492. The molecule has 0 saturated carbocycles. The van der Waals surface area contributed by atoms with Gasteiger partial charge in [0.1, 0.15) is 0 Å². The topological polar surface area (TPSA) is 69.7 Å². The van der Waals surface area contributed by atoms with Gasteiger partial charge in [-0.1, -0.05) is 49.7 Å². The van der Waals surface area contributed by atoms with Crippen molar-refractivity contribution in [3.8, 4) is 0 Å². The van der Waals surface area contributed by atoms with Crippen LogP contribution in [0.2, 0.25) is 5.02 Å². The van der Waals surface area contributed by atoms with Crippen molar-refractivity contribution >= 4 is 39.9 Å². The van der Waals surface area contributed by atoms with Crippen molar-refractivity contribution in [1.82, 2.24) is 10.2 Å². The fourth-order valence-corrected chi connectivity index (χ4v) is 6.13. The molecular formula is C29H32ClN3O3S. The first-order valence-electron chi connectivity index (χ1n) is 12.6. The summed E-state index contributed by atoms with van der Waals surface area (Å²) >= 11 is 6.20. The van der Waals surface area contributed by atoms with Gasteiger partial charge in [-0.2, -0.15) is 0 Å². The molecule has 4 rings (SSSR count). The highest BCUT2D eigenvalue weighted by Gasteiger charge is 2.31. The fraction of sp³-hybridized carbons (Fsp3) is 0.310. The largest absolute Gasteiger partial charge is 0.351 e. The Balaban J connectivity index is 1.65. The SMILES string of the molecule is CCCN(CCC)CCNC(=O)c1ccc2c(c1)N(Cc1cccc(Cl)c1)C(=O)c1ccccc1[S@]2=O. The van der Waals surface area contributed by atoms with Gasteiger partial charge < -0.3 is 15.1 Å². The van der Waals surface area contributed by atoms with Gasteiger partial charge in [-0.25, -0.2) is 4.21 Å². The minimum absolute atomic E-state index is 0.224. The zero-order valence-electron chi connectivity index (χ0n) is 21.2. The zero-order chi connectivity index (χ0) is 26.4. The molecule has 1 N–H and O–H groups in total. The molecule has 2 amide bonds. The number of carbonyl (C=O) groups excluding carboxylic acids is 2. The van der Waals surface area contributed by atoms with Gasteiger partial charge in [0.15, 0.2) is 0 Å². The second-order valence-electron chi connectivity index (χ2n) is 9.07. The normalized spacial score (nSPS) is 14.8. The molecule has 3 aromatic rings. The van der Waals surface area contributed by atoms with Crippen LogP contribution < -0.4 is 10.2 Å². The molecule has 0 saturated heterocycles. The molecule has 1 aliphatic heterocycles. The van der Waals surface area contributed by atoms with E-state index in [1.54, 1.807) is 59.5 Å². The van der Waals surface area contributed by atoms with Gasteiger partial charge in [0.25, 0.3) is 11.8 Å². The number of benzene rings is 3. The van der Waals surface area contributed by atoms with E-state index in [1.165, 1.54) is 0 Å². The highest BCUT2D eigenvalue weighted by Crippen LogP contribution is 2.36. The number of carbonyl (C=O) groups is 2. The minimum Gasteiger partial charge on any atom is -0.351 e. The molecule has 37 heavy (non-hydrogen) atoms. The summed E-state index contributed by atoms with van der Waals surface area (Å²) in [6.45, 7) is 7.82. The molecule has 1 heterocycles. The van der Waals surface area contributed by atoms with Crippen molar-refractivity contribution < 1.29 is 13.8 Å². The van der Waals surface area contributed by atoms with E-state index in [0.29, 0.717) is 38.2 Å². The number of rotatable bonds is 10. The number of fused-ring (bicyclic) bond motifs is 2. The molecule has 0 spiro atoms. The van der Waals surface area contributed by atoms with Gasteiger partial charge in [-0.3, -0.25) is 9.59 Å². The third-order valence-electron chi connectivity index (χ3n) is 6.30. The number of halogens is 1. The highest BCUT2D eigenvalue weighted by atomic mass is 35.5. The maximum Gasteiger partial charge on any atom is 0.259 e. The third kappa shape index (κ3) is 6.29. The van der Waals surface area contributed by atoms with Crippen LogP contribution in [0.5, 0.6) is 0 Å². The Morgan fingerprint density at radius 2 is 1.70 bits per heavy atom. The van der Waals surface area contributed by atoms with Crippen molar-refractivity contribution in [2.24, 2.45) is 0 Å². The molecular weight excluding hydrogens is 506 g/mol. The standard InChI is InChI=1S/C29H32ClN3O3S/c1-3-15-32(16-4-2)17-14-31-28(34)22-12-13-27-25(19-22)33(20-21-8-7-9-23(30)18-21)29(35)24-10-5-6-11-26(24)37(27)36/h5-13,18-19H,3-4,14-17,20H2,1-2H3,(H,31,34)/t37-/m1/s1. The monoisotopic (exact) mass is 537 g/mol. The van der Waals surface area contributed by atoms with Crippen LogP contribution in [0.3, 0.4) is 0 Å². The van der Waals surface area contributed by atoms with E-state index >= 15 is 0 Å². The second kappa shape index (κ2) is 12.5. The summed E-state index contributed by atoms with van der Waals surface area (Å²) in [5, 5.41) is 3.57. The molecule has 0 aromatic heterocycles. The molecule has 1 atom stereocenters. The summed E-state index contributed by atoms with van der Waals surface area (Å²) in [5.41, 5.74) is 2.10. The van der Waals surface area contributed by atoms with Gasteiger partial charge in [0.2, 0.25) is 0 Å². The molecule has 3 aromatic carbocycles. The number of nitrogens with one attached hydrogen (secondary N) is 1. The van der Waals surface area contributed by atoms with Crippen LogP contribution in [-0.4, -0.2) is 47.1 Å². The van der Waals surface area contributed by atoms with E-state index in [0.717, 1.165) is 38.0 Å². The minimum atomic E-state index is -1.58. The van der Waals surface area contributed by atoms with Crippen LogP contribution in [-0.2, 0) is 17.3 Å². The number of amides is 2. The van der Waals surface area contributed by atoms with E-state index in [2.05, 4.69) is 24.1 Å². The van der Waals surface area contributed by atoms with Crippen molar-refractivity contribution in [3.05, 3.63) is 88.4 Å². The Morgan fingerprint density at radius 3 is 2.43 bits per heavy atom. The number of hydrogen-bond donors (Lipinski definition) is 1. The first-order valence-corrected chi connectivity index (χ1v) is 14.2. The van der Waals surface area contributed by atoms with Crippen molar-refractivity contribution in [1.29, 1.82) is 0 Å². The Bertz CT molecular complexity index is 1310. The van der Waals surface area contributed by atoms with Crippen LogP contribution in [0.25, 0.3) is 0 Å². The van der Waals surface area contributed by atoms with Gasteiger partial charge in [0.05, 0.1) is 38.4 Å². The molecule has 0 fully saturated rings. The van der Waals surface area contributed by atoms with Gasteiger partial charge in [-0.15, -0.1) is 0 Å². The van der Waals surface area contributed by atoms with E-state index in [4.69, 9.17) is 11.6 Å². The predicted molar refractivity (Wildman–Crippen MR) is 149 cm³/mol. The zero-order valence-corrected chi connectivity index (χ0v) is 22.8. The smallest absolute Gasteiger partial charge is 0.259 e. The van der Waals surface area contributed by atoms with Crippen LogP contribution in [0.1, 0.15) is 53.0 Å². The van der Waals surface area contributed by atoms with E-state index in [9.17, 15) is 13.8 Å². The lowest BCUT2D eigenvalue weighted by Crippen LogP contribution is -2.36. The Morgan fingerprint density at radius 1 is 0.946 bits per heavy atom. The Kier molecular flexibility index (Phi) is 9.14. The first-order chi connectivity index (χ1) is 17.9. The van der Waals surface area contributed by atoms with E-state index in [1.807, 2.05) is 12.1 Å². The summed E-state index contributed by atoms with van der Waals surface area (Å²) in [7, 11) is -1.58. The second-order valence-corrected chi connectivity index (χ2v) is 10.9. The maximum atomic E-state index is 13.7. The predicted octanol–water partition coefficient (Wildman–Crippen LogP) is 5.52. The number of nitrogens with zero attached hydrogens (tertiary/aromatic N) is 2. The third-order valence-corrected chi connectivity index (χ3v) is 8.03. The van der Waals surface area contributed by atoms with Crippen molar-refractivity contribution in [2.45, 2.75) is 43.0 Å². The van der Waals surface area contributed by atoms with Crippen molar-refractivity contribution in [2.75, 3.05) is 31.1 Å². The van der Waals surface area contributed by atoms with Crippen LogP contribution >= 0.6 is 11.6 Å². The number of anilines is 1. The highest BCUT2D eigenvalue weighted by molar-refractivity contribution is 7.85. The molecule has 0 unspecified atom stereocenters. The molecule has 8 heteroatoms. The van der Waals surface area contributed by atoms with Crippen molar-refractivity contribution in [3.63, 3.8) is 0 Å². The summed E-state index contributed by atoms with van der Waals surface area (Å²) in [6.07, 6.45) is 2.13. The molecule has 0 bridgehead atoms. The summed E-state index contributed by atoms with van der Waals surface area (Å²) < 4.78 is 13.6. The van der Waals surface area contributed by atoms with Gasteiger partial charge in [0, 0.05) is 23.7 Å². The Labute approximate surface area is 226 Å². The van der Waals surface area contributed by atoms with Gasteiger partial charge in [-0.05, 0) is 74.0 Å². The quantitative estimate of drug-likeness (QED) is 0.370.